The highest BCUT2D eigenvalue weighted by molar-refractivity contribution is 5.85. The first kappa shape index (κ1) is 15.3. The Kier molecular flexibility index (Phi) is 5.39. The SMILES string of the molecule is CC[C@@H]1COCCN1c1cnc2c(n1)OCCNC2.Cl. The first-order valence-electron chi connectivity index (χ1n) is 6.92. The number of aromatic nitrogens is 2. The van der Waals surface area contributed by atoms with Gasteiger partial charge in [0.1, 0.15) is 12.3 Å². The second-order valence-electron chi connectivity index (χ2n) is 4.84. The van der Waals surface area contributed by atoms with E-state index in [-0.39, 0.29) is 12.4 Å². The fourth-order valence-electron chi connectivity index (χ4n) is 2.48. The Morgan fingerprint density at radius 1 is 1.45 bits per heavy atom. The predicted octanol–water partition coefficient (Wildman–Crippen LogP) is 0.996. The van der Waals surface area contributed by atoms with Gasteiger partial charge in [-0.15, -0.1) is 12.4 Å². The first-order valence-corrected chi connectivity index (χ1v) is 6.92. The third-order valence-corrected chi connectivity index (χ3v) is 3.60. The second kappa shape index (κ2) is 7.06. The van der Waals surface area contributed by atoms with Gasteiger partial charge in [0.15, 0.2) is 5.82 Å². The highest BCUT2D eigenvalue weighted by Gasteiger charge is 2.24. The van der Waals surface area contributed by atoms with Gasteiger partial charge < -0.3 is 19.7 Å². The van der Waals surface area contributed by atoms with Crippen LogP contribution in [0, 0.1) is 0 Å². The van der Waals surface area contributed by atoms with Gasteiger partial charge in [-0.2, -0.15) is 4.98 Å². The Labute approximate surface area is 125 Å². The number of hydrogen-bond acceptors (Lipinski definition) is 6. The molecule has 7 heteroatoms. The zero-order chi connectivity index (χ0) is 13.1. The van der Waals surface area contributed by atoms with E-state index in [0.29, 0.717) is 18.5 Å². The number of anilines is 1. The zero-order valence-corrected chi connectivity index (χ0v) is 12.5. The van der Waals surface area contributed by atoms with Crippen LogP contribution in [-0.4, -0.2) is 48.9 Å². The number of nitrogens with zero attached hydrogens (tertiary/aromatic N) is 3. The summed E-state index contributed by atoms with van der Waals surface area (Å²) in [7, 11) is 0. The zero-order valence-electron chi connectivity index (χ0n) is 11.7. The molecule has 3 rings (SSSR count). The maximum Gasteiger partial charge on any atom is 0.239 e. The van der Waals surface area contributed by atoms with Crippen LogP contribution in [0.5, 0.6) is 5.88 Å². The maximum absolute atomic E-state index is 5.65. The Bertz CT molecular complexity index is 446. The van der Waals surface area contributed by atoms with E-state index in [4.69, 9.17) is 9.47 Å². The smallest absolute Gasteiger partial charge is 0.239 e. The van der Waals surface area contributed by atoms with E-state index in [1.54, 1.807) is 0 Å². The number of rotatable bonds is 2. The molecule has 0 aromatic carbocycles. The van der Waals surface area contributed by atoms with Gasteiger partial charge in [0, 0.05) is 19.6 Å². The average Bonchev–Trinajstić information content (AvgIpc) is 2.71. The molecular formula is C13H21ClN4O2. The minimum Gasteiger partial charge on any atom is -0.475 e. The van der Waals surface area contributed by atoms with Gasteiger partial charge in [-0.05, 0) is 6.42 Å². The van der Waals surface area contributed by atoms with Crippen molar-refractivity contribution in [2.75, 3.05) is 37.8 Å². The molecule has 1 saturated heterocycles. The Hall–Kier alpha value is -1.11. The van der Waals surface area contributed by atoms with E-state index in [0.717, 1.165) is 50.8 Å². The number of halogens is 1. The van der Waals surface area contributed by atoms with Crippen LogP contribution in [0.1, 0.15) is 19.0 Å². The summed E-state index contributed by atoms with van der Waals surface area (Å²) in [4.78, 5) is 11.4. The van der Waals surface area contributed by atoms with Crippen LogP contribution in [-0.2, 0) is 11.3 Å². The van der Waals surface area contributed by atoms with Crippen LogP contribution in [0.25, 0.3) is 0 Å². The van der Waals surface area contributed by atoms with Crippen LogP contribution in [0.4, 0.5) is 5.82 Å². The predicted molar refractivity (Wildman–Crippen MR) is 78.7 cm³/mol. The Balaban J connectivity index is 0.00000147. The molecule has 2 aliphatic rings. The van der Waals surface area contributed by atoms with Gasteiger partial charge in [-0.1, -0.05) is 6.92 Å². The van der Waals surface area contributed by atoms with Crippen LogP contribution < -0.4 is 15.0 Å². The second-order valence-corrected chi connectivity index (χ2v) is 4.84. The van der Waals surface area contributed by atoms with Crippen molar-refractivity contribution in [3.05, 3.63) is 11.9 Å². The van der Waals surface area contributed by atoms with Crippen LogP contribution in [0.15, 0.2) is 6.20 Å². The lowest BCUT2D eigenvalue weighted by Gasteiger charge is -2.35. The van der Waals surface area contributed by atoms with Gasteiger partial charge in [-0.3, -0.25) is 4.98 Å². The van der Waals surface area contributed by atoms with Crippen molar-refractivity contribution < 1.29 is 9.47 Å². The van der Waals surface area contributed by atoms with Crippen molar-refractivity contribution in [1.29, 1.82) is 0 Å². The molecule has 0 amide bonds. The molecule has 2 aliphatic heterocycles. The number of fused-ring (bicyclic) bond motifs is 1. The van der Waals surface area contributed by atoms with Gasteiger partial charge in [0.25, 0.3) is 0 Å². The van der Waals surface area contributed by atoms with Gasteiger partial charge >= 0.3 is 0 Å². The molecule has 112 valence electrons. The van der Waals surface area contributed by atoms with E-state index in [2.05, 4.69) is 27.1 Å². The average molecular weight is 301 g/mol. The summed E-state index contributed by atoms with van der Waals surface area (Å²) in [6, 6.07) is 0.380. The van der Waals surface area contributed by atoms with Crippen LogP contribution in [0.3, 0.4) is 0 Å². The lowest BCUT2D eigenvalue weighted by molar-refractivity contribution is 0.0924. The van der Waals surface area contributed by atoms with Crippen LogP contribution >= 0.6 is 12.4 Å². The Morgan fingerprint density at radius 2 is 2.35 bits per heavy atom. The quantitative estimate of drug-likeness (QED) is 0.879. The first-order chi connectivity index (χ1) is 9.38. The number of ether oxygens (including phenoxy) is 2. The molecule has 1 fully saturated rings. The molecule has 20 heavy (non-hydrogen) atoms. The summed E-state index contributed by atoms with van der Waals surface area (Å²) < 4.78 is 11.2. The molecular weight excluding hydrogens is 280 g/mol. The molecule has 0 spiro atoms. The van der Waals surface area contributed by atoms with Crippen molar-refractivity contribution in [3.8, 4) is 5.88 Å². The van der Waals surface area contributed by atoms with E-state index in [9.17, 15) is 0 Å². The number of morpholine rings is 1. The fraction of sp³-hybridized carbons (Fsp3) is 0.692. The third kappa shape index (κ3) is 3.13. The molecule has 1 atom stereocenters. The summed E-state index contributed by atoms with van der Waals surface area (Å²) in [5.41, 5.74) is 0.891. The fourth-order valence-corrected chi connectivity index (χ4v) is 2.48. The summed E-state index contributed by atoms with van der Waals surface area (Å²) in [5, 5.41) is 3.26. The maximum atomic E-state index is 5.65. The van der Waals surface area contributed by atoms with Gasteiger partial charge in [-0.25, -0.2) is 0 Å². The molecule has 0 radical (unpaired) electrons. The van der Waals surface area contributed by atoms with Crippen molar-refractivity contribution in [2.45, 2.75) is 25.9 Å². The van der Waals surface area contributed by atoms with Crippen molar-refractivity contribution >= 4 is 18.2 Å². The molecule has 1 N–H and O–H groups in total. The standard InChI is InChI=1S/C13H20N4O2.ClH/c1-2-10-9-18-6-4-17(10)12-8-15-11-7-14-3-5-19-13(11)16-12;/h8,10,14H,2-7,9H2,1H3;1H/t10-;/m1./s1. The van der Waals surface area contributed by atoms with Crippen molar-refractivity contribution in [1.82, 2.24) is 15.3 Å². The summed E-state index contributed by atoms with van der Waals surface area (Å²) in [5.74, 6) is 1.57. The summed E-state index contributed by atoms with van der Waals surface area (Å²) in [6.45, 7) is 6.75. The highest BCUT2D eigenvalue weighted by atomic mass is 35.5. The van der Waals surface area contributed by atoms with Crippen LogP contribution in [0.2, 0.25) is 0 Å². The molecule has 1 aromatic rings. The number of nitrogens with one attached hydrogen (secondary N) is 1. The van der Waals surface area contributed by atoms with Gasteiger partial charge in [0.05, 0.1) is 25.5 Å². The van der Waals surface area contributed by atoms with E-state index in [1.165, 1.54) is 0 Å². The Morgan fingerprint density at radius 3 is 3.20 bits per heavy atom. The largest absolute Gasteiger partial charge is 0.475 e. The summed E-state index contributed by atoms with van der Waals surface area (Å²) >= 11 is 0. The third-order valence-electron chi connectivity index (χ3n) is 3.60. The minimum absolute atomic E-state index is 0. The minimum atomic E-state index is 0. The normalized spacial score (nSPS) is 22.2. The van der Waals surface area contributed by atoms with E-state index in [1.807, 2.05) is 6.20 Å². The summed E-state index contributed by atoms with van der Waals surface area (Å²) in [6.07, 6.45) is 2.89. The lowest BCUT2D eigenvalue weighted by atomic mass is 10.2. The highest BCUT2D eigenvalue weighted by Crippen LogP contribution is 2.23. The molecule has 0 saturated carbocycles. The van der Waals surface area contributed by atoms with Crippen molar-refractivity contribution in [3.63, 3.8) is 0 Å². The molecule has 0 unspecified atom stereocenters. The molecule has 1 aromatic heterocycles. The lowest BCUT2D eigenvalue weighted by Crippen LogP contribution is -2.45. The van der Waals surface area contributed by atoms with E-state index < -0.39 is 0 Å². The molecule has 3 heterocycles. The van der Waals surface area contributed by atoms with E-state index >= 15 is 0 Å². The monoisotopic (exact) mass is 300 g/mol. The molecule has 0 aliphatic carbocycles. The molecule has 6 nitrogen and oxygen atoms in total. The van der Waals surface area contributed by atoms with Crippen molar-refractivity contribution in [2.24, 2.45) is 0 Å². The topological polar surface area (TPSA) is 59.5 Å². The number of hydrogen-bond donors (Lipinski definition) is 1. The molecule has 0 bridgehead atoms. The van der Waals surface area contributed by atoms with Gasteiger partial charge in [0.2, 0.25) is 5.88 Å².